The van der Waals surface area contributed by atoms with Gasteiger partial charge in [-0.2, -0.15) is 0 Å². The van der Waals surface area contributed by atoms with Gasteiger partial charge in [-0.3, -0.25) is 0 Å². The van der Waals surface area contributed by atoms with Gasteiger partial charge in [0.1, 0.15) is 0 Å². The third-order valence-electron chi connectivity index (χ3n) is 4.60. The van der Waals surface area contributed by atoms with Crippen LogP contribution >= 0.6 is 0 Å². The summed E-state index contributed by atoms with van der Waals surface area (Å²) in [6.07, 6.45) is 3.98. The molecule has 21 heavy (non-hydrogen) atoms. The van der Waals surface area contributed by atoms with Crippen molar-refractivity contribution in [2.24, 2.45) is 5.73 Å². The Bertz CT molecular complexity index is 578. The minimum absolute atomic E-state index is 0.511. The lowest BCUT2D eigenvalue weighted by Gasteiger charge is -2.33. The number of rotatable bonds is 6. The summed E-state index contributed by atoms with van der Waals surface area (Å²) in [4.78, 5) is 0. The topological polar surface area (TPSA) is 60.2 Å². The Morgan fingerprint density at radius 3 is 1.76 bits per heavy atom. The van der Waals surface area contributed by atoms with E-state index in [9.17, 15) is 8.42 Å². The standard InChI is InChI=1S/C17H29NO2S/c1-7-12-10-13(8-2)15(14(9-3)11-12)16(18)17(4,5)21(6,19)20/h10-11,16H,7-9,18H2,1-6H3. The van der Waals surface area contributed by atoms with Gasteiger partial charge >= 0.3 is 0 Å². The summed E-state index contributed by atoms with van der Waals surface area (Å²) in [5.41, 5.74) is 11.1. The molecule has 2 N–H and O–H groups in total. The molecular formula is C17H29NO2S. The molecule has 0 fully saturated rings. The molecule has 0 heterocycles. The molecule has 1 rings (SSSR count). The monoisotopic (exact) mass is 311 g/mol. The Morgan fingerprint density at radius 1 is 1.05 bits per heavy atom. The zero-order chi connectivity index (χ0) is 16.4. The summed E-state index contributed by atoms with van der Waals surface area (Å²) in [6, 6.07) is 3.84. The van der Waals surface area contributed by atoms with E-state index in [1.54, 1.807) is 13.8 Å². The third-order valence-corrected chi connectivity index (χ3v) is 6.76. The molecule has 120 valence electrons. The summed E-state index contributed by atoms with van der Waals surface area (Å²) in [7, 11) is -3.24. The highest BCUT2D eigenvalue weighted by molar-refractivity contribution is 7.92. The predicted octanol–water partition coefficient (Wildman–Crippen LogP) is 3.20. The Balaban J connectivity index is 3.55. The molecule has 0 spiro atoms. The van der Waals surface area contributed by atoms with Crippen LogP contribution < -0.4 is 5.73 Å². The first kappa shape index (κ1) is 18.2. The molecule has 0 bridgehead atoms. The van der Waals surface area contributed by atoms with E-state index in [2.05, 4.69) is 32.9 Å². The Labute approximate surface area is 129 Å². The van der Waals surface area contributed by atoms with Crippen LogP contribution in [-0.4, -0.2) is 19.4 Å². The maximum Gasteiger partial charge on any atom is 0.154 e. The van der Waals surface area contributed by atoms with Crippen molar-refractivity contribution in [3.63, 3.8) is 0 Å². The van der Waals surface area contributed by atoms with Crippen molar-refractivity contribution in [2.45, 2.75) is 64.7 Å². The van der Waals surface area contributed by atoms with Gasteiger partial charge < -0.3 is 5.73 Å². The molecule has 0 aliphatic rings. The first-order chi connectivity index (χ1) is 9.60. The van der Waals surface area contributed by atoms with Crippen molar-refractivity contribution >= 4 is 9.84 Å². The van der Waals surface area contributed by atoms with Crippen LogP contribution in [0.2, 0.25) is 0 Å². The lowest BCUT2D eigenvalue weighted by molar-refractivity contribution is 0.492. The molecule has 0 radical (unpaired) electrons. The van der Waals surface area contributed by atoms with Gasteiger partial charge in [0.2, 0.25) is 0 Å². The normalized spacial score (nSPS) is 14.2. The molecule has 3 nitrogen and oxygen atoms in total. The van der Waals surface area contributed by atoms with Gasteiger partial charge in [-0.05, 0) is 55.4 Å². The fourth-order valence-corrected chi connectivity index (χ4v) is 3.20. The highest BCUT2D eigenvalue weighted by Gasteiger charge is 2.39. The van der Waals surface area contributed by atoms with Crippen molar-refractivity contribution in [1.29, 1.82) is 0 Å². The summed E-state index contributed by atoms with van der Waals surface area (Å²) < 4.78 is 23.2. The van der Waals surface area contributed by atoms with Crippen molar-refractivity contribution in [2.75, 3.05) is 6.26 Å². The zero-order valence-corrected chi connectivity index (χ0v) is 15.0. The van der Waals surface area contributed by atoms with Crippen LogP contribution in [0.3, 0.4) is 0 Å². The first-order valence-corrected chi connectivity index (χ1v) is 9.58. The van der Waals surface area contributed by atoms with E-state index in [1.807, 2.05) is 0 Å². The van der Waals surface area contributed by atoms with Gasteiger partial charge in [0.25, 0.3) is 0 Å². The fourth-order valence-electron chi connectivity index (χ4n) is 2.62. The van der Waals surface area contributed by atoms with Crippen molar-refractivity contribution in [3.05, 3.63) is 34.4 Å². The lowest BCUT2D eigenvalue weighted by Crippen LogP contribution is -2.43. The van der Waals surface area contributed by atoms with Crippen LogP contribution in [-0.2, 0) is 29.1 Å². The number of hydrogen-bond donors (Lipinski definition) is 1. The number of sulfone groups is 1. The molecule has 1 atom stereocenters. The van der Waals surface area contributed by atoms with Gasteiger partial charge in [-0.1, -0.05) is 32.9 Å². The predicted molar refractivity (Wildman–Crippen MR) is 90.4 cm³/mol. The summed E-state index contributed by atoms with van der Waals surface area (Å²) in [6.45, 7) is 9.77. The van der Waals surface area contributed by atoms with E-state index >= 15 is 0 Å². The van der Waals surface area contributed by atoms with Crippen molar-refractivity contribution < 1.29 is 8.42 Å². The zero-order valence-electron chi connectivity index (χ0n) is 14.2. The Hall–Kier alpha value is -0.870. The van der Waals surface area contributed by atoms with Crippen LogP contribution in [0.15, 0.2) is 12.1 Å². The Kier molecular flexibility index (Phi) is 5.62. The summed E-state index contributed by atoms with van der Waals surface area (Å²) in [5, 5.41) is 0. The van der Waals surface area contributed by atoms with Crippen molar-refractivity contribution in [3.8, 4) is 0 Å². The third kappa shape index (κ3) is 3.49. The fraction of sp³-hybridized carbons (Fsp3) is 0.647. The van der Waals surface area contributed by atoms with Crippen LogP contribution in [0.25, 0.3) is 0 Å². The second-order valence-electron chi connectivity index (χ2n) is 6.24. The van der Waals surface area contributed by atoms with Crippen LogP contribution in [0.4, 0.5) is 0 Å². The smallest absolute Gasteiger partial charge is 0.154 e. The van der Waals surface area contributed by atoms with E-state index in [1.165, 1.54) is 22.9 Å². The molecule has 0 saturated carbocycles. The van der Waals surface area contributed by atoms with Gasteiger partial charge in [-0.15, -0.1) is 0 Å². The molecule has 4 heteroatoms. The van der Waals surface area contributed by atoms with Crippen LogP contribution in [0, 0.1) is 0 Å². The summed E-state index contributed by atoms with van der Waals surface area (Å²) >= 11 is 0. The number of benzene rings is 1. The van der Waals surface area contributed by atoms with E-state index in [4.69, 9.17) is 5.73 Å². The molecular weight excluding hydrogens is 282 g/mol. The maximum atomic E-state index is 12.1. The lowest BCUT2D eigenvalue weighted by atomic mass is 9.85. The average molecular weight is 311 g/mol. The average Bonchev–Trinajstić information content (AvgIpc) is 2.43. The largest absolute Gasteiger partial charge is 0.323 e. The molecule has 0 amide bonds. The first-order valence-electron chi connectivity index (χ1n) is 7.69. The Morgan fingerprint density at radius 2 is 1.48 bits per heavy atom. The van der Waals surface area contributed by atoms with E-state index in [0.29, 0.717) is 0 Å². The van der Waals surface area contributed by atoms with E-state index in [0.717, 1.165) is 24.8 Å². The van der Waals surface area contributed by atoms with Gasteiger partial charge in [0.05, 0.1) is 4.75 Å². The number of nitrogens with two attached hydrogens (primary N) is 1. The second kappa shape index (κ2) is 6.49. The highest BCUT2D eigenvalue weighted by atomic mass is 32.2. The van der Waals surface area contributed by atoms with Gasteiger partial charge in [0.15, 0.2) is 9.84 Å². The molecule has 1 unspecified atom stereocenters. The molecule has 0 aliphatic heterocycles. The number of aryl methyl sites for hydroxylation is 3. The number of hydrogen-bond acceptors (Lipinski definition) is 3. The van der Waals surface area contributed by atoms with Gasteiger partial charge in [-0.25, -0.2) is 8.42 Å². The maximum absolute atomic E-state index is 12.1. The minimum Gasteiger partial charge on any atom is -0.323 e. The molecule has 0 saturated heterocycles. The van der Waals surface area contributed by atoms with E-state index < -0.39 is 20.6 Å². The van der Waals surface area contributed by atoms with Gasteiger partial charge in [0, 0.05) is 12.3 Å². The van der Waals surface area contributed by atoms with Crippen LogP contribution in [0.1, 0.15) is 62.9 Å². The molecule has 0 aliphatic carbocycles. The SMILES string of the molecule is CCc1cc(CC)c(C(N)C(C)(C)S(C)(=O)=O)c(CC)c1. The highest BCUT2D eigenvalue weighted by Crippen LogP contribution is 2.35. The molecule has 1 aromatic rings. The van der Waals surface area contributed by atoms with Crippen LogP contribution in [0.5, 0.6) is 0 Å². The summed E-state index contributed by atoms with van der Waals surface area (Å²) in [5.74, 6) is 0. The quantitative estimate of drug-likeness (QED) is 0.877. The van der Waals surface area contributed by atoms with Crippen molar-refractivity contribution in [1.82, 2.24) is 0 Å². The minimum atomic E-state index is -3.24. The molecule has 0 aromatic heterocycles. The van der Waals surface area contributed by atoms with E-state index in [-0.39, 0.29) is 0 Å². The second-order valence-corrected chi connectivity index (χ2v) is 8.84. The molecule has 1 aromatic carbocycles.